The summed E-state index contributed by atoms with van der Waals surface area (Å²) in [5.41, 5.74) is 0.590. The molecule has 0 aromatic heterocycles. The van der Waals surface area contributed by atoms with E-state index in [-0.39, 0.29) is 6.61 Å². The topological polar surface area (TPSA) is 164 Å². The Morgan fingerprint density at radius 2 is 1.57 bits per heavy atom. The van der Waals surface area contributed by atoms with E-state index < -0.39 is 57.8 Å². The first-order valence-electron chi connectivity index (χ1n) is 7.89. The van der Waals surface area contributed by atoms with Crippen molar-refractivity contribution in [2.45, 2.75) is 37.0 Å². The zero-order chi connectivity index (χ0) is 20.5. The van der Waals surface area contributed by atoms with Gasteiger partial charge in [0, 0.05) is 12.7 Å². The van der Waals surface area contributed by atoms with E-state index in [1.54, 1.807) is 30.3 Å². The standard InChI is InChI=1S/C14H18O12S2/c1-21-14-12(26-28(18,19)20)11(25-27(15,16)17)10-9(23-14)7-22-13(24-10)8-5-3-2-4-6-8/h2-6,9-14H,7H2,1H3,(H,15,16,17)(H,18,19,20)/t9-,10-,11+,12-,13?,14-/m0/s1. The molecule has 0 amide bonds. The average molecular weight is 442 g/mol. The normalized spacial score (nSPS) is 34.0. The quantitative estimate of drug-likeness (QED) is 0.561. The van der Waals surface area contributed by atoms with Crippen LogP contribution < -0.4 is 0 Å². The molecule has 2 saturated heterocycles. The number of ether oxygens (including phenoxy) is 4. The molecule has 0 bridgehead atoms. The van der Waals surface area contributed by atoms with Crippen LogP contribution in [0.1, 0.15) is 11.9 Å². The highest BCUT2D eigenvalue weighted by atomic mass is 32.3. The summed E-state index contributed by atoms with van der Waals surface area (Å²) in [5, 5.41) is 0. The van der Waals surface area contributed by atoms with Crippen LogP contribution in [0.25, 0.3) is 0 Å². The molecule has 2 aliphatic heterocycles. The lowest BCUT2D eigenvalue weighted by Crippen LogP contribution is -2.64. The zero-order valence-corrected chi connectivity index (χ0v) is 16.0. The van der Waals surface area contributed by atoms with Crippen molar-refractivity contribution < 1.29 is 53.3 Å². The molecular weight excluding hydrogens is 424 g/mol. The highest BCUT2D eigenvalue weighted by molar-refractivity contribution is 7.81. The summed E-state index contributed by atoms with van der Waals surface area (Å²) in [6.45, 7) is -0.0893. The molecule has 2 aliphatic rings. The highest BCUT2D eigenvalue weighted by Crippen LogP contribution is 2.37. The van der Waals surface area contributed by atoms with Gasteiger partial charge in [-0.25, -0.2) is 8.37 Å². The fourth-order valence-corrected chi connectivity index (χ4v) is 3.99. The van der Waals surface area contributed by atoms with E-state index in [1.165, 1.54) is 0 Å². The van der Waals surface area contributed by atoms with Crippen LogP contribution in [0.4, 0.5) is 0 Å². The van der Waals surface area contributed by atoms with Crippen LogP contribution >= 0.6 is 0 Å². The largest absolute Gasteiger partial charge is 0.397 e. The molecule has 0 saturated carbocycles. The van der Waals surface area contributed by atoms with Gasteiger partial charge in [-0.15, -0.1) is 0 Å². The third-order valence-corrected chi connectivity index (χ3v) is 4.98. The summed E-state index contributed by atoms with van der Waals surface area (Å²) in [5.74, 6) is 0. The maximum Gasteiger partial charge on any atom is 0.397 e. The molecule has 158 valence electrons. The van der Waals surface area contributed by atoms with Crippen LogP contribution in [0.5, 0.6) is 0 Å². The van der Waals surface area contributed by atoms with Crippen molar-refractivity contribution in [3.63, 3.8) is 0 Å². The molecular formula is C14H18O12S2. The van der Waals surface area contributed by atoms with Crippen LogP contribution in [-0.4, -0.2) is 70.4 Å². The fourth-order valence-electron chi connectivity index (χ4n) is 3.01. The van der Waals surface area contributed by atoms with Gasteiger partial charge in [-0.05, 0) is 0 Å². The van der Waals surface area contributed by atoms with Gasteiger partial charge in [0.2, 0.25) is 0 Å². The van der Waals surface area contributed by atoms with Crippen LogP contribution in [0.15, 0.2) is 30.3 Å². The minimum atomic E-state index is -5.06. The van der Waals surface area contributed by atoms with Crippen molar-refractivity contribution >= 4 is 20.8 Å². The van der Waals surface area contributed by atoms with E-state index in [0.29, 0.717) is 5.56 Å². The zero-order valence-electron chi connectivity index (χ0n) is 14.4. The van der Waals surface area contributed by atoms with Crippen molar-refractivity contribution in [3.8, 4) is 0 Å². The third kappa shape index (κ3) is 5.24. The van der Waals surface area contributed by atoms with E-state index in [2.05, 4.69) is 8.37 Å². The first-order chi connectivity index (χ1) is 13.1. The molecule has 14 heteroatoms. The van der Waals surface area contributed by atoms with Crippen LogP contribution in [0, 0.1) is 0 Å². The van der Waals surface area contributed by atoms with Gasteiger partial charge in [0.25, 0.3) is 0 Å². The predicted octanol–water partition coefficient (Wildman–Crippen LogP) is -0.152. The summed E-state index contributed by atoms with van der Waals surface area (Å²) in [6.07, 6.45) is -8.18. The van der Waals surface area contributed by atoms with E-state index in [1.807, 2.05) is 0 Å². The molecule has 6 atom stereocenters. The fraction of sp³-hybridized carbons (Fsp3) is 0.571. The van der Waals surface area contributed by atoms with E-state index >= 15 is 0 Å². The molecule has 1 aromatic rings. The second kappa shape index (κ2) is 8.27. The molecule has 12 nitrogen and oxygen atoms in total. The SMILES string of the molecule is CO[C@H]1O[C@H]2COC(c3ccccc3)O[C@@H]2[C@@H](OS(=O)(=O)O)[C@@H]1OS(=O)(=O)O. The summed E-state index contributed by atoms with van der Waals surface area (Å²) >= 11 is 0. The maximum absolute atomic E-state index is 11.3. The Hall–Kier alpha value is -1.20. The van der Waals surface area contributed by atoms with Gasteiger partial charge in [0.05, 0.1) is 6.61 Å². The maximum atomic E-state index is 11.3. The second-order valence-electron chi connectivity index (χ2n) is 5.93. The van der Waals surface area contributed by atoms with Gasteiger partial charge >= 0.3 is 20.8 Å². The van der Waals surface area contributed by atoms with E-state index in [0.717, 1.165) is 7.11 Å². The van der Waals surface area contributed by atoms with E-state index in [4.69, 9.17) is 28.1 Å². The highest BCUT2D eigenvalue weighted by Gasteiger charge is 2.54. The molecule has 1 unspecified atom stereocenters. The molecule has 2 heterocycles. The molecule has 2 fully saturated rings. The number of fused-ring (bicyclic) bond motifs is 1. The van der Waals surface area contributed by atoms with Gasteiger partial charge in [0.1, 0.15) is 18.3 Å². The number of benzene rings is 1. The number of rotatable bonds is 6. The Labute approximate surface area is 161 Å². The van der Waals surface area contributed by atoms with E-state index in [9.17, 15) is 16.8 Å². The van der Waals surface area contributed by atoms with Crippen molar-refractivity contribution in [2.24, 2.45) is 0 Å². The molecule has 0 radical (unpaired) electrons. The Bertz CT molecular complexity index is 871. The third-order valence-electron chi connectivity index (χ3n) is 4.05. The molecule has 28 heavy (non-hydrogen) atoms. The predicted molar refractivity (Wildman–Crippen MR) is 88.5 cm³/mol. The molecule has 2 N–H and O–H groups in total. The molecule has 1 aromatic carbocycles. The monoisotopic (exact) mass is 442 g/mol. The lowest BCUT2D eigenvalue weighted by Gasteiger charge is -2.47. The number of methoxy groups -OCH3 is 1. The minimum Gasteiger partial charge on any atom is -0.353 e. The van der Waals surface area contributed by atoms with Crippen molar-refractivity contribution in [1.82, 2.24) is 0 Å². The summed E-state index contributed by atoms with van der Waals surface area (Å²) in [7, 11) is -8.99. The number of hydrogen-bond donors (Lipinski definition) is 2. The Morgan fingerprint density at radius 3 is 2.14 bits per heavy atom. The lowest BCUT2D eigenvalue weighted by atomic mass is 9.98. The summed E-state index contributed by atoms with van der Waals surface area (Å²) < 4.78 is 94.1. The Kier molecular flexibility index (Phi) is 6.35. The second-order valence-corrected chi connectivity index (χ2v) is 8.03. The van der Waals surface area contributed by atoms with Gasteiger partial charge in [-0.3, -0.25) is 9.11 Å². The first kappa shape index (κ1) is 21.5. The summed E-state index contributed by atoms with van der Waals surface area (Å²) in [4.78, 5) is 0. The van der Waals surface area contributed by atoms with Crippen LogP contribution in [0.3, 0.4) is 0 Å². The molecule has 0 aliphatic carbocycles. The number of hydrogen-bond acceptors (Lipinski definition) is 10. The first-order valence-corrected chi connectivity index (χ1v) is 10.6. The van der Waals surface area contributed by atoms with Gasteiger partial charge < -0.3 is 18.9 Å². The van der Waals surface area contributed by atoms with Crippen molar-refractivity contribution in [2.75, 3.05) is 13.7 Å². The van der Waals surface area contributed by atoms with Gasteiger partial charge in [-0.2, -0.15) is 16.8 Å². The van der Waals surface area contributed by atoms with Gasteiger partial charge in [0.15, 0.2) is 18.7 Å². The van der Waals surface area contributed by atoms with Crippen LogP contribution in [-0.2, 0) is 48.1 Å². The molecule has 0 spiro atoms. The minimum absolute atomic E-state index is 0.0893. The smallest absolute Gasteiger partial charge is 0.353 e. The lowest BCUT2D eigenvalue weighted by molar-refractivity contribution is -0.351. The molecule has 3 rings (SSSR count). The Balaban J connectivity index is 1.93. The summed E-state index contributed by atoms with van der Waals surface area (Å²) in [6, 6.07) is 8.60. The van der Waals surface area contributed by atoms with Gasteiger partial charge in [-0.1, -0.05) is 30.3 Å². The Morgan fingerprint density at radius 1 is 0.964 bits per heavy atom. The van der Waals surface area contributed by atoms with Crippen LogP contribution in [0.2, 0.25) is 0 Å². The van der Waals surface area contributed by atoms with Crippen molar-refractivity contribution in [1.29, 1.82) is 0 Å². The average Bonchev–Trinajstić information content (AvgIpc) is 2.61. The van der Waals surface area contributed by atoms with Crippen molar-refractivity contribution in [3.05, 3.63) is 35.9 Å².